The minimum Gasteiger partial charge on any atom is -0.486 e. The Kier molecular flexibility index (Phi) is 7.55. The van der Waals surface area contributed by atoms with Gasteiger partial charge in [-0.05, 0) is 48.4 Å². The summed E-state index contributed by atoms with van der Waals surface area (Å²) in [6.45, 7) is 2.37. The highest BCUT2D eigenvalue weighted by molar-refractivity contribution is 6.33. The van der Waals surface area contributed by atoms with E-state index < -0.39 is 11.7 Å². The van der Waals surface area contributed by atoms with Gasteiger partial charge in [0.25, 0.3) is 5.91 Å². The summed E-state index contributed by atoms with van der Waals surface area (Å²) in [7, 11) is 0. The smallest absolute Gasteiger partial charge is 0.292 e. The van der Waals surface area contributed by atoms with E-state index in [-0.39, 0.29) is 40.3 Å². The number of benzene rings is 2. The largest absolute Gasteiger partial charge is 0.486 e. The maximum Gasteiger partial charge on any atom is 0.292 e. The van der Waals surface area contributed by atoms with Crippen LogP contribution in [0.2, 0.25) is 10.0 Å². The minimum atomic E-state index is -0.522. The number of rotatable bonds is 9. The SMILES string of the molecule is CCCc1ccc(OCc2ccc(C(=O)Nc3nn(Cc4c(F)cccc4Cl)cc3Cl)o2)cc1. The van der Waals surface area contributed by atoms with Crippen LogP contribution in [0.25, 0.3) is 0 Å². The van der Waals surface area contributed by atoms with E-state index in [1.165, 1.54) is 28.6 Å². The van der Waals surface area contributed by atoms with Gasteiger partial charge in [-0.1, -0.05) is 54.7 Å². The lowest BCUT2D eigenvalue weighted by Gasteiger charge is -2.06. The zero-order valence-corrected chi connectivity index (χ0v) is 19.9. The van der Waals surface area contributed by atoms with Gasteiger partial charge in [-0.3, -0.25) is 9.48 Å². The highest BCUT2D eigenvalue weighted by Gasteiger charge is 2.17. The number of carbonyl (C=O) groups excluding carboxylic acids is 1. The van der Waals surface area contributed by atoms with E-state index in [4.69, 9.17) is 32.4 Å². The number of aryl methyl sites for hydroxylation is 1. The monoisotopic (exact) mass is 501 g/mol. The number of nitrogens with one attached hydrogen (secondary N) is 1. The van der Waals surface area contributed by atoms with E-state index in [1.54, 1.807) is 18.2 Å². The summed E-state index contributed by atoms with van der Waals surface area (Å²) in [5, 5.41) is 7.29. The summed E-state index contributed by atoms with van der Waals surface area (Å²) in [5.41, 5.74) is 1.53. The molecule has 0 aliphatic carbocycles. The van der Waals surface area contributed by atoms with Crippen molar-refractivity contribution in [3.05, 3.63) is 99.3 Å². The van der Waals surface area contributed by atoms with Crippen molar-refractivity contribution < 1.29 is 18.3 Å². The third-order valence-corrected chi connectivity index (χ3v) is 5.69. The van der Waals surface area contributed by atoms with Gasteiger partial charge in [0.2, 0.25) is 0 Å². The fourth-order valence-electron chi connectivity index (χ4n) is 3.35. The molecule has 34 heavy (non-hydrogen) atoms. The molecular formula is C25H22Cl2FN3O3. The van der Waals surface area contributed by atoms with Crippen molar-refractivity contribution in [3.63, 3.8) is 0 Å². The average molecular weight is 502 g/mol. The van der Waals surface area contributed by atoms with Crippen molar-refractivity contribution in [2.45, 2.75) is 32.9 Å². The Bertz CT molecular complexity index is 1260. The summed E-state index contributed by atoms with van der Waals surface area (Å²) in [4.78, 5) is 12.6. The van der Waals surface area contributed by atoms with E-state index >= 15 is 0 Å². The van der Waals surface area contributed by atoms with Crippen molar-refractivity contribution in [2.75, 3.05) is 5.32 Å². The zero-order chi connectivity index (χ0) is 24.1. The summed E-state index contributed by atoms with van der Waals surface area (Å²) < 4.78 is 26.8. The van der Waals surface area contributed by atoms with Crippen LogP contribution >= 0.6 is 23.2 Å². The number of amides is 1. The van der Waals surface area contributed by atoms with Crippen LogP contribution in [-0.4, -0.2) is 15.7 Å². The average Bonchev–Trinajstić information content (AvgIpc) is 3.43. The molecule has 6 nitrogen and oxygen atoms in total. The van der Waals surface area contributed by atoms with E-state index in [9.17, 15) is 9.18 Å². The first-order valence-corrected chi connectivity index (χ1v) is 11.5. The molecule has 4 rings (SSSR count). The van der Waals surface area contributed by atoms with Crippen LogP contribution in [0.3, 0.4) is 0 Å². The third-order valence-electron chi connectivity index (χ3n) is 5.06. The zero-order valence-electron chi connectivity index (χ0n) is 18.4. The molecule has 0 fully saturated rings. The van der Waals surface area contributed by atoms with Gasteiger partial charge in [0.05, 0.1) is 6.54 Å². The molecule has 2 aromatic heterocycles. The number of furan rings is 1. The molecule has 0 unspecified atom stereocenters. The fourth-order valence-corrected chi connectivity index (χ4v) is 3.77. The van der Waals surface area contributed by atoms with Crippen LogP contribution in [0.15, 0.2) is 65.2 Å². The molecule has 0 bridgehead atoms. The molecule has 0 saturated heterocycles. The predicted octanol–water partition coefficient (Wildman–Crippen LogP) is 6.75. The molecule has 0 aliphatic heterocycles. The highest BCUT2D eigenvalue weighted by Crippen LogP contribution is 2.24. The van der Waals surface area contributed by atoms with Gasteiger partial charge in [0.1, 0.15) is 29.0 Å². The van der Waals surface area contributed by atoms with Gasteiger partial charge in [-0.2, -0.15) is 5.10 Å². The molecule has 0 aliphatic rings. The molecule has 2 heterocycles. The Balaban J connectivity index is 1.36. The number of halogens is 3. The van der Waals surface area contributed by atoms with Crippen LogP contribution < -0.4 is 10.1 Å². The Hall–Kier alpha value is -3.29. The Morgan fingerprint density at radius 3 is 2.65 bits per heavy atom. The van der Waals surface area contributed by atoms with Crippen molar-refractivity contribution in [2.24, 2.45) is 0 Å². The van der Waals surface area contributed by atoms with Gasteiger partial charge in [0, 0.05) is 16.8 Å². The van der Waals surface area contributed by atoms with Crippen LogP contribution in [0.1, 0.15) is 40.8 Å². The van der Waals surface area contributed by atoms with E-state index in [0.717, 1.165) is 18.6 Å². The van der Waals surface area contributed by atoms with Crippen LogP contribution in [0.5, 0.6) is 5.75 Å². The van der Waals surface area contributed by atoms with Gasteiger partial charge >= 0.3 is 0 Å². The molecule has 1 amide bonds. The molecule has 0 atom stereocenters. The van der Waals surface area contributed by atoms with Gasteiger partial charge < -0.3 is 14.5 Å². The van der Waals surface area contributed by atoms with E-state index in [0.29, 0.717) is 5.76 Å². The third kappa shape index (κ3) is 5.79. The molecule has 176 valence electrons. The number of carbonyl (C=O) groups is 1. The summed E-state index contributed by atoms with van der Waals surface area (Å²) in [6.07, 6.45) is 3.59. The molecule has 0 spiro atoms. The first kappa shape index (κ1) is 23.9. The molecule has 0 saturated carbocycles. The predicted molar refractivity (Wildman–Crippen MR) is 129 cm³/mol. The lowest BCUT2D eigenvalue weighted by molar-refractivity contribution is 0.0992. The fraction of sp³-hybridized carbons (Fsp3) is 0.200. The second kappa shape index (κ2) is 10.8. The lowest BCUT2D eigenvalue weighted by atomic mass is 10.1. The number of aromatic nitrogens is 2. The first-order chi connectivity index (χ1) is 16.4. The van der Waals surface area contributed by atoms with Crippen molar-refractivity contribution >= 4 is 34.9 Å². The number of anilines is 1. The maximum absolute atomic E-state index is 14.0. The number of ether oxygens (including phenoxy) is 1. The number of hydrogen-bond acceptors (Lipinski definition) is 4. The normalized spacial score (nSPS) is 10.9. The first-order valence-electron chi connectivity index (χ1n) is 10.7. The minimum absolute atomic E-state index is 0.0583. The summed E-state index contributed by atoms with van der Waals surface area (Å²) in [5.74, 6) is 0.446. The second-order valence-electron chi connectivity index (χ2n) is 7.63. The molecular weight excluding hydrogens is 480 g/mol. The molecule has 0 radical (unpaired) electrons. The second-order valence-corrected chi connectivity index (χ2v) is 8.44. The number of nitrogens with zero attached hydrogens (tertiary/aromatic N) is 2. The Labute approximate surface area is 206 Å². The van der Waals surface area contributed by atoms with Gasteiger partial charge in [0.15, 0.2) is 11.6 Å². The van der Waals surface area contributed by atoms with Gasteiger partial charge in [-0.25, -0.2) is 4.39 Å². The van der Waals surface area contributed by atoms with Crippen LogP contribution in [0, 0.1) is 5.82 Å². The summed E-state index contributed by atoms with van der Waals surface area (Å²) >= 11 is 12.3. The van der Waals surface area contributed by atoms with Crippen LogP contribution in [0.4, 0.5) is 10.2 Å². The lowest BCUT2D eigenvalue weighted by Crippen LogP contribution is -2.12. The molecule has 9 heteroatoms. The maximum atomic E-state index is 14.0. The quantitative estimate of drug-likeness (QED) is 0.275. The highest BCUT2D eigenvalue weighted by atomic mass is 35.5. The van der Waals surface area contributed by atoms with Crippen LogP contribution in [-0.2, 0) is 19.6 Å². The Morgan fingerprint density at radius 2 is 1.91 bits per heavy atom. The Morgan fingerprint density at radius 1 is 1.12 bits per heavy atom. The van der Waals surface area contributed by atoms with Crippen molar-refractivity contribution in [3.8, 4) is 5.75 Å². The molecule has 1 N–H and O–H groups in total. The number of hydrogen-bond donors (Lipinski definition) is 1. The van der Waals surface area contributed by atoms with Crippen molar-refractivity contribution in [1.82, 2.24) is 9.78 Å². The van der Waals surface area contributed by atoms with E-state index in [1.807, 2.05) is 24.3 Å². The summed E-state index contributed by atoms with van der Waals surface area (Å²) in [6, 6.07) is 15.5. The van der Waals surface area contributed by atoms with E-state index in [2.05, 4.69) is 17.3 Å². The molecule has 2 aromatic carbocycles. The van der Waals surface area contributed by atoms with Gasteiger partial charge in [-0.15, -0.1) is 0 Å². The van der Waals surface area contributed by atoms with Crippen molar-refractivity contribution in [1.29, 1.82) is 0 Å². The standard InChI is InChI=1S/C25H22Cl2FN3O3/c1-2-4-16-7-9-17(10-8-16)33-15-18-11-12-23(34-18)25(32)29-24-21(27)14-31(30-24)13-19-20(26)5-3-6-22(19)28/h3,5-12,14H,2,4,13,15H2,1H3,(H,29,30,32). The molecule has 4 aromatic rings. The topological polar surface area (TPSA) is 69.3 Å².